The van der Waals surface area contributed by atoms with Crippen LogP contribution in [0.1, 0.15) is 50.5 Å². The van der Waals surface area contributed by atoms with E-state index in [1.807, 2.05) is 18.2 Å². The van der Waals surface area contributed by atoms with Gasteiger partial charge in [-0.05, 0) is 18.4 Å². The Kier molecular flexibility index (Phi) is 5.79. The monoisotopic (exact) mass is 262 g/mol. The Morgan fingerprint density at radius 1 is 1.00 bits per heavy atom. The average Bonchev–Trinajstić information content (AvgIpc) is 2.37. The first-order valence-corrected chi connectivity index (χ1v) is 8.05. The first-order valence-electron chi connectivity index (χ1n) is 7.07. The highest BCUT2D eigenvalue weighted by atomic mass is 32.2. The third-order valence-corrected chi connectivity index (χ3v) is 4.76. The predicted molar refractivity (Wildman–Crippen MR) is 78.6 cm³/mol. The quantitative estimate of drug-likeness (QED) is 0.777. The molecule has 0 unspecified atom stereocenters. The van der Waals surface area contributed by atoms with E-state index in [-0.39, 0.29) is 0 Å². The van der Waals surface area contributed by atoms with Gasteiger partial charge in [0.25, 0.3) is 0 Å². The summed E-state index contributed by atoms with van der Waals surface area (Å²) in [6, 6.07) is 10.3. The van der Waals surface area contributed by atoms with Gasteiger partial charge < -0.3 is 0 Å². The molecule has 2 heteroatoms. The van der Waals surface area contributed by atoms with Crippen LogP contribution in [0.3, 0.4) is 0 Å². The van der Waals surface area contributed by atoms with E-state index in [2.05, 4.69) is 12.1 Å². The lowest BCUT2D eigenvalue weighted by Gasteiger charge is -2.17. The van der Waals surface area contributed by atoms with E-state index in [9.17, 15) is 4.79 Å². The fourth-order valence-electron chi connectivity index (χ4n) is 2.54. The highest BCUT2D eigenvalue weighted by Crippen LogP contribution is 2.27. The van der Waals surface area contributed by atoms with Crippen LogP contribution in [-0.4, -0.2) is 5.12 Å². The average molecular weight is 262 g/mol. The fraction of sp³-hybridized carbons (Fsp3) is 0.562. The first kappa shape index (κ1) is 13.7. The van der Waals surface area contributed by atoms with Gasteiger partial charge in [0.15, 0.2) is 5.12 Å². The number of thioether (sulfide) groups is 1. The number of hydrogen-bond acceptors (Lipinski definition) is 2. The Morgan fingerprint density at radius 3 is 2.28 bits per heavy atom. The van der Waals surface area contributed by atoms with Gasteiger partial charge in [-0.2, -0.15) is 0 Å². The second-order valence-electron chi connectivity index (χ2n) is 5.14. The van der Waals surface area contributed by atoms with E-state index in [4.69, 9.17) is 0 Å². The number of carbonyl (C=O) groups excluding carboxylic acids is 1. The van der Waals surface area contributed by atoms with Crippen LogP contribution < -0.4 is 0 Å². The van der Waals surface area contributed by atoms with Gasteiger partial charge in [0.05, 0.1) is 0 Å². The number of carbonyl (C=O) groups is 1. The molecule has 0 spiro atoms. The predicted octanol–water partition coefficient (Wildman–Crippen LogP) is 4.81. The maximum absolute atomic E-state index is 12.2. The van der Waals surface area contributed by atoms with Crippen molar-refractivity contribution in [3.8, 4) is 0 Å². The topological polar surface area (TPSA) is 17.1 Å². The van der Waals surface area contributed by atoms with Crippen molar-refractivity contribution in [1.29, 1.82) is 0 Å². The number of rotatable bonds is 3. The summed E-state index contributed by atoms with van der Waals surface area (Å²) in [5.74, 6) is 1.15. The smallest absolute Gasteiger partial charge is 0.192 e. The molecule has 0 heterocycles. The van der Waals surface area contributed by atoms with Crippen molar-refractivity contribution >= 4 is 16.9 Å². The molecule has 0 amide bonds. The van der Waals surface area contributed by atoms with E-state index in [1.165, 1.54) is 49.4 Å². The summed E-state index contributed by atoms with van der Waals surface area (Å²) in [5.41, 5.74) is 1.25. The summed E-state index contributed by atoms with van der Waals surface area (Å²) in [7, 11) is 0. The maximum Gasteiger partial charge on any atom is 0.192 e. The van der Waals surface area contributed by atoms with Gasteiger partial charge in [0.2, 0.25) is 0 Å². The van der Waals surface area contributed by atoms with Crippen molar-refractivity contribution in [3.05, 3.63) is 35.9 Å². The van der Waals surface area contributed by atoms with Gasteiger partial charge >= 0.3 is 0 Å². The molecule has 0 radical (unpaired) electrons. The van der Waals surface area contributed by atoms with Crippen molar-refractivity contribution in [2.24, 2.45) is 5.92 Å². The molecule has 0 saturated heterocycles. The van der Waals surface area contributed by atoms with Crippen LogP contribution in [0.5, 0.6) is 0 Å². The molecule has 1 aromatic carbocycles. The van der Waals surface area contributed by atoms with Crippen molar-refractivity contribution < 1.29 is 4.79 Å². The Balaban J connectivity index is 1.79. The van der Waals surface area contributed by atoms with Crippen molar-refractivity contribution in [2.75, 3.05) is 0 Å². The standard InChI is InChI=1S/C16H22OS/c17-16(15-11-7-2-1-3-8-12-15)18-13-14-9-5-4-6-10-14/h4-6,9-10,15H,1-3,7-8,11-13H2. The third-order valence-electron chi connectivity index (χ3n) is 3.66. The molecule has 0 bridgehead atoms. The number of benzene rings is 1. The molecule has 1 fully saturated rings. The molecule has 1 aliphatic rings. The van der Waals surface area contributed by atoms with Crippen LogP contribution in [0.15, 0.2) is 30.3 Å². The third kappa shape index (κ3) is 4.49. The Labute approximate surface area is 114 Å². The molecule has 1 nitrogen and oxygen atoms in total. The molecule has 1 saturated carbocycles. The largest absolute Gasteiger partial charge is 0.287 e. The maximum atomic E-state index is 12.2. The fourth-order valence-corrected chi connectivity index (χ4v) is 3.51. The summed E-state index contributed by atoms with van der Waals surface area (Å²) < 4.78 is 0. The summed E-state index contributed by atoms with van der Waals surface area (Å²) in [4.78, 5) is 12.2. The Hall–Kier alpha value is -0.760. The van der Waals surface area contributed by atoms with Crippen LogP contribution in [-0.2, 0) is 10.5 Å². The molecule has 0 aromatic heterocycles. The van der Waals surface area contributed by atoms with Gasteiger partial charge in [-0.1, -0.05) is 74.2 Å². The molecule has 2 rings (SSSR count). The van der Waals surface area contributed by atoms with Crippen LogP contribution in [0.4, 0.5) is 0 Å². The van der Waals surface area contributed by atoms with Gasteiger partial charge in [0, 0.05) is 11.7 Å². The first-order chi connectivity index (χ1) is 8.86. The SMILES string of the molecule is O=C(SCc1ccccc1)C1CCCCCCC1. The van der Waals surface area contributed by atoms with E-state index in [1.54, 1.807) is 0 Å². The van der Waals surface area contributed by atoms with Crippen molar-refractivity contribution in [2.45, 2.75) is 50.7 Å². The van der Waals surface area contributed by atoms with E-state index >= 15 is 0 Å². The minimum atomic E-state index is 0.319. The van der Waals surface area contributed by atoms with Gasteiger partial charge in [-0.25, -0.2) is 0 Å². The number of hydrogen-bond donors (Lipinski definition) is 0. The molecule has 0 atom stereocenters. The summed E-state index contributed by atoms with van der Waals surface area (Å²) >= 11 is 1.51. The second-order valence-corrected chi connectivity index (χ2v) is 6.12. The van der Waals surface area contributed by atoms with Crippen LogP contribution in [0.2, 0.25) is 0 Å². The lowest BCUT2D eigenvalue weighted by molar-refractivity contribution is -0.114. The highest BCUT2D eigenvalue weighted by Gasteiger charge is 2.19. The van der Waals surface area contributed by atoms with Crippen molar-refractivity contribution in [1.82, 2.24) is 0 Å². The molecular formula is C16H22OS. The molecule has 0 N–H and O–H groups in total. The summed E-state index contributed by atoms with van der Waals surface area (Å²) in [6.45, 7) is 0. The minimum Gasteiger partial charge on any atom is -0.287 e. The zero-order chi connectivity index (χ0) is 12.6. The second kappa shape index (κ2) is 7.63. The highest BCUT2D eigenvalue weighted by molar-refractivity contribution is 8.13. The van der Waals surface area contributed by atoms with Crippen LogP contribution >= 0.6 is 11.8 Å². The normalized spacial score (nSPS) is 18.0. The van der Waals surface area contributed by atoms with E-state index in [0.29, 0.717) is 11.0 Å². The Bertz CT molecular complexity index is 353. The van der Waals surface area contributed by atoms with Crippen LogP contribution in [0.25, 0.3) is 0 Å². The summed E-state index contributed by atoms with van der Waals surface area (Å²) in [5, 5.41) is 0.417. The minimum absolute atomic E-state index is 0.319. The van der Waals surface area contributed by atoms with Crippen molar-refractivity contribution in [3.63, 3.8) is 0 Å². The van der Waals surface area contributed by atoms with Gasteiger partial charge in [0.1, 0.15) is 0 Å². The zero-order valence-corrected chi connectivity index (χ0v) is 11.8. The molecule has 1 aromatic rings. The lowest BCUT2D eigenvalue weighted by Crippen LogP contribution is -2.13. The molecule has 98 valence electrons. The van der Waals surface area contributed by atoms with Crippen LogP contribution in [0, 0.1) is 5.92 Å². The van der Waals surface area contributed by atoms with E-state index < -0.39 is 0 Å². The molecule has 0 aliphatic heterocycles. The lowest BCUT2D eigenvalue weighted by atomic mass is 9.92. The molecule has 1 aliphatic carbocycles. The summed E-state index contributed by atoms with van der Waals surface area (Å²) in [6.07, 6.45) is 8.68. The van der Waals surface area contributed by atoms with Gasteiger partial charge in [-0.15, -0.1) is 0 Å². The zero-order valence-electron chi connectivity index (χ0n) is 10.9. The Morgan fingerprint density at radius 2 is 1.61 bits per heavy atom. The molecular weight excluding hydrogens is 240 g/mol. The van der Waals surface area contributed by atoms with Gasteiger partial charge in [-0.3, -0.25) is 4.79 Å². The molecule has 18 heavy (non-hydrogen) atoms. The van der Waals surface area contributed by atoms with E-state index in [0.717, 1.165) is 18.6 Å².